The van der Waals surface area contributed by atoms with Gasteiger partial charge in [0, 0.05) is 70.0 Å². The van der Waals surface area contributed by atoms with Crippen LogP contribution in [0.15, 0.2) is 52.9 Å². The average molecular weight is 477 g/mol. The van der Waals surface area contributed by atoms with Gasteiger partial charge < -0.3 is 19.0 Å². The predicted octanol–water partition coefficient (Wildman–Crippen LogP) is 4.13. The molecule has 1 amide bonds. The van der Waals surface area contributed by atoms with Gasteiger partial charge in [0.05, 0.1) is 6.54 Å². The molecule has 0 bridgehead atoms. The summed E-state index contributed by atoms with van der Waals surface area (Å²) >= 11 is 0. The molecule has 7 heteroatoms. The van der Waals surface area contributed by atoms with Gasteiger partial charge in [-0.3, -0.25) is 9.80 Å². The van der Waals surface area contributed by atoms with E-state index in [-0.39, 0.29) is 6.09 Å². The number of nitrogens with zero attached hydrogens (tertiary/aromatic N) is 4. The molecule has 2 aliphatic rings. The first-order chi connectivity index (χ1) is 17.0. The number of carbonyl (C=O) groups is 1. The van der Waals surface area contributed by atoms with Crippen LogP contribution in [0.4, 0.5) is 10.5 Å². The van der Waals surface area contributed by atoms with E-state index in [0.717, 1.165) is 69.1 Å². The number of hydrogen-bond donors (Lipinski definition) is 0. The van der Waals surface area contributed by atoms with Crippen LogP contribution in [0.1, 0.15) is 16.9 Å². The lowest BCUT2D eigenvalue weighted by atomic mass is 10.1. The SMILES string of the molecule is Cc1ccc(N2CCN(C(=O)OCCN3CCN(Cc4cc5ccccc5o4)CC3)CC2)c(C)c1. The Labute approximate surface area is 207 Å². The molecule has 0 aliphatic carbocycles. The van der Waals surface area contributed by atoms with Gasteiger partial charge in [0.15, 0.2) is 0 Å². The van der Waals surface area contributed by atoms with E-state index >= 15 is 0 Å². The zero-order chi connectivity index (χ0) is 24.2. The Morgan fingerprint density at radius 3 is 2.37 bits per heavy atom. The van der Waals surface area contributed by atoms with Crippen molar-refractivity contribution >= 4 is 22.7 Å². The Kier molecular flexibility index (Phi) is 7.25. The molecular formula is C28H36N4O3. The largest absolute Gasteiger partial charge is 0.460 e. The summed E-state index contributed by atoms with van der Waals surface area (Å²) in [5, 5.41) is 1.16. The summed E-state index contributed by atoms with van der Waals surface area (Å²) in [6, 6.07) is 16.9. The van der Waals surface area contributed by atoms with Crippen molar-refractivity contribution in [2.75, 3.05) is 70.4 Å². The first-order valence-electron chi connectivity index (χ1n) is 12.7. The van der Waals surface area contributed by atoms with Crippen molar-refractivity contribution in [2.45, 2.75) is 20.4 Å². The number of furan rings is 1. The minimum absolute atomic E-state index is 0.186. The van der Waals surface area contributed by atoms with Crippen LogP contribution < -0.4 is 4.90 Å². The lowest BCUT2D eigenvalue weighted by Gasteiger charge is -2.36. The quantitative estimate of drug-likeness (QED) is 0.533. The number of ether oxygens (including phenoxy) is 1. The van der Waals surface area contributed by atoms with Crippen LogP contribution in [0.25, 0.3) is 11.0 Å². The topological polar surface area (TPSA) is 52.4 Å². The van der Waals surface area contributed by atoms with Gasteiger partial charge in [0.2, 0.25) is 0 Å². The fraction of sp³-hybridized carbons (Fsp3) is 0.464. The fourth-order valence-corrected chi connectivity index (χ4v) is 5.15. The minimum Gasteiger partial charge on any atom is -0.460 e. The standard InChI is InChI=1S/C28H36N4O3/c1-22-7-8-26(23(2)19-22)31-13-15-32(16-14-31)28(33)34-18-17-29-9-11-30(12-10-29)21-25-20-24-5-3-4-6-27(24)35-25/h3-8,19-20H,9-18,21H2,1-2H3. The van der Waals surface area contributed by atoms with E-state index in [9.17, 15) is 4.79 Å². The molecule has 5 rings (SSSR count). The summed E-state index contributed by atoms with van der Waals surface area (Å²) in [4.78, 5) is 21.6. The van der Waals surface area contributed by atoms with Gasteiger partial charge in [-0.2, -0.15) is 0 Å². The molecule has 0 atom stereocenters. The van der Waals surface area contributed by atoms with Crippen LogP contribution in [0.5, 0.6) is 0 Å². The number of hydrogen-bond acceptors (Lipinski definition) is 6. The molecule has 0 saturated carbocycles. The monoisotopic (exact) mass is 476 g/mol. The Balaban J connectivity index is 0.995. The second kappa shape index (κ2) is 10.7. The zero-order valence-electron chi connectivity index (χ0n) is 20.9. The molecular weight excluding hydrogens is 440 g/mol. The van der Waals surface area contributed by atoms with E-state index in [2.05, 4.69) is 58.9 Å². The van der Waals surface area contributed by atoms with Crippen molar-refractivity contribution in [3.05, 3.63) is 65.4 Å². The third-order valence-electron chi connectivity index (χ3n) is 7.18. The van der Waals surface area contributed by atoms with E-state index in [1.54, 1.807) is 0 Å². The predicted molar refractivity (Wildman–Crippen MR) is 139 cm³/mol. The number of fused-ring (bicyclic) bond motifs is 1. The van der Waals surface area contributed by atoms with E-state index in [4.69, 9.17) is 9.15 Å². The molecule has 186 valence electrons. The van der Waals surface area contributed by atoms with E-state index in [0.29, 0.717) is 19.7 Å². The van der Waals surface area contributed by atoms with Crippen LogP contribution >= 0.6 is 0 Å². The maximum Gasteiger partial charge on any atom is 0.409 e. The molecule has 1 aromatic heterocycles. The number of para-hydroxylation sites is 1. The number of amides is 1. The van der Waals surface area contributed by atoms with Gasteiger partial charge in [-0.15, -0.1) is 0 Å². The lowest BCUT2D eigenvalue weighted by Crippen LogP contribution is -2.50. The molecule has 3 heterocycles. The van der Waals surface area contributed by atoms with Crippen LogP contribution in [0.2, 0.25) is 0 Å². The van der Waals surface area contributed by atoms with E-state index < -0.39 is 0 Å². The number of aryl methyl sites for hydroxylation is 2. The second-order valence-electron chi connectivity index (χ2n) is 9.75. The number of carbonyl (C=O) groups excluding carboxylic acids is 1. The number of anilines is 1. The summed E-state index contributed by atoms with van der Waals surface area (Å²) in [6.07, 6.45) is -0.186. The highest BCUT2D eigenvalue weighted by molar-refractivity contribution is 5.77. The molecule has 2 aromatic carbocycles. The maximum absolute atomic E-state index is 12.6. The molecule has 0 radical (unpaired) electrons. The molecule has 2 fully saturated rings. The third kappa shape index (κ3) is 5.80. The van der Waals surface area contributed by atoms with Gasteiger partial charge >= 0.3 is 6.09 Å². The van der Waals surface area contributed by atoms with Crippen molar-refractivity contribution in [1.29, 1.82) is 0 Å². The maximum atomic E-state index is 12.6. The molecule has 0 unspecified atom stereocenters. The van der Waals surface area contributed by atoms with Crippen LogP contribution in [0, 0.1) is 13.8 Å². The van der Waals surface area contributed by atoms with Crippen LogP contribution in [-0.4, -0.2) is 86.3 Å². The lowest BCUT2D eigenvalue weighted by molar-refractivity contribution is 0.0713. The van der Waals surface area contributed by atoms with Gasteiger partial charge in [-0.25, -0.2) is 4.79 Å². The Morgan fingerprint density at radius 2 is 1.63 bits per heavy atom. The second-order valence-corrected chi connectivity index (χ2v) is 9.75. The highest BCUT2D eigenvalue weighted by atomic mass is 16.6. The van der Waals surface area contributed by atoms with Crippen LogP contribution in [0.3, 0.4) is 0 Å². The summed E-state index contributed by atoms with van der Waals surface area (Å²) < 4.78 is 11.6. The highest BCUT2D eigenvalue weighted by Gasteiger charge is 2.24. The first-order valence-corrected chi connectivity index (χ1v) is 12.7. The molecule has 2 saturated heterocycles. The van der Waals surface area contributed by atoms with Gasteiger partial charge in [-0.1, -0.05) is 35.9 Å². The van der Waals surface area contributed by atoms with Crippen LogP contribution in [-0.2, 0) is 11.3 Å². The smallest absolute Gasteiger partial charge is 0.409 e. The fourth-order valence-electron chi connectivity index (χ4n) is 5.15. The molecule has 3 aromatic rings. The van der Waals surface area contributed by atoms with Gasteiger partial charge in [0.25, 0.3) is 0 Å². The highest BCUT2D eigenvalue weighted by Crippen LogP contribution is 2.23. The summed E-state index contributed by atoms with van der Waals surface area (Å²) in [6.45, 7) is 13.4. The Morgan fingerprint density at radius 1 is 0.886 bits per heavy atom. The Bertz CT molecular complexity index is 1110. The van der Waals surface area contributed by atoms with E-state index in [1.807, 2.05) is 23.1 Å². The summed E-state index contributed by atoms with van der Waals surface area (Å²) in [5.74, 6) is 1.02. The average Bonchev–Trinajstić information content (AvgIpc) is 3.27. The van der Waals surface area contributed by atoms with Crippen molar-refractivity contribution < 1.29 is 13.9 Å². The normalized spacial score (nSPS) is 17.8. The van der Waals surface area contributed by atoms with Crippen molar-refractivity contribution in [3.63, 3.8) is 0 Å². The molecule has 2 aliphatic heterocycles. The summed E-state index contributed by atoms with van der Waals surface area (Å²) in [7, 11) is 0. The van der Waals surface area contributed by atoms with Crippen molar-refractivity contribution in [2.24, 2.45) is 0 Å². The number of piperazine rings is 2. The number of benzene rings is 2. The van der Waals surface area contributed by atoms with E-state index in [1.165, 1.54) is 16.8 Å². The molecule has 0 spiro atoms. The Hall–Kier alpha value is -3.03. The molecule has 35 heavy (non-hydrogen) atoms. The minimum atomic E-state index is -0.186. The van der Waals surface area contributed by atoms with Crippen molar-refractivity contribution in [1.82, 2.24) is 14.7 Å². The van der Waals surface area contributed by atoms with Crippen molar-refractivity contribution in [3.8, 4) is 0 Å². The van der Waals surface area contributed by atoms with Gasteiger partial charge in [-0.05, 0) is 37.6 Å². The van der Waals surface area contributed by atoms with Gasteiger partial charge in [0.1, 0.15) is 18.0 Å². The summed E-state index contributed by atoms with van der Waals surface area (Å²) in [5.41, 5.74) is 4.79. The third-order valence-corrected chi connectivity index (χ3v) is 7.18. The molecule has 0 N–H and O–H groups in total. The molecule has 7 nitrogen and oxygen atoms in total. The zero-order valence-corrected chi connectivity index (χ0v) is 20.9. The number of rotatable bonds is 6. The first kappa shape index (κ1) is 23.7.